The Labute approximate surface area is 156 Å². The molecule has 1 aromatic carbocycles. The Morgan fingerprint density at radius 2 is 1.96 bits per heavy atom. The van der Waals surface area contributed by atoms with E-state index in [4.69, 9.17) is 10.5 Å². The lowest BCUT2D eigenvalue weighted by molar-refractivity contribution is -0.116. The van der Waals surface area contributed by atoms with Gasteiger partial charge >= 0.3 is 0 Å². The summed E-state index contributed by atoms with van der Waals surface area (Å²) in [6.07, 6.45) is 3.61. The molecule has 1 aliphatic rings. The van der Waals surface area contributed by atoms with Crippen LogP contribution in [0.25, 0.3) is 10.9 Å². The van der Waals surface area contributed by atoms with Gasteiger partial charge in [-0.1, -0.05) is 0 Å². The van der Waals surface area contributed by atoms with E-state index in [9.17, 15) is 14.4 Å². The Morgan fingerprint density at radius 1 is 1.22 bits per heavy atom. The molecule has 1 heterocycles. The van der Waals surface area contributed by atoms with Crippen LogP contribution in [0, 0.1) is 0 Å². The van der Waals surface area contributed by atoms with Crippen molar-refractivity contribution in [1.82, 2.24) is 15.6 Å². The predicted octanol–water partition coefficient (Wildman–Crippen LogP) is 1.43. The number of Topliss-reactive ketones (excluding diaryl/α,β-unsaturated/α-hetero) is 1. The van der Waals surface area contributed by atoms with E-state index in [0.717, 1.165) is 12.8 Å². The van der Waals surface area contributed by atoms with E-state index in [-0.39, 0.29) is 53.4 Å². The monoisotopic (exact) mass is 370 g/mol. The number of rotatable bonds is 7. The molecule has 0 aliphatic heterocycles. The fraction of sp³-hybridized carbons (Fsp3) is 0.368. The van der Waals surface area contributed by atoms with E-state index in [2.05, 4.69) is 15.6 Å². The molecule has 0 spiro atoms. The zero-order valence-corrected chi connectivity index (χ0v) is 15.3. The van der Waals surface area contributed by atoms with E-state index in [1.165, 1.54) is 20.2 Å². The zero-order valence-electron chi connectivity index (χ0n) is 15.3. The topological polar surface area (TPSA) is 123 Å². The smallest absolute Gasteiger partial charge is 0.255 e. The highest BCUT2D eigenvalue weighted by atomic mass is 16.5. The van der Waals surface area contributed by atoms with Gasteiger partial charge in [0.2, 0.25) is 0 Å². The molecule has 4 N–H and O–H groups in total. The highest BCUT2D eigenvalue weighted by Crippen LogP contribution is 2.30. The van der Waals surface area contributed by atoms with Gasteiger partial charge in [-0.15, -0.1) is 0 Å². The molecule has 2 amide bonds. The van der Waals surface area contributed by atoms with Crippen molar-refractivity contribution >= 4 is 34.2 Å². The van der Waals surface area contributed by atoms with Crippen molar-refractivity contribution < 1.29 is 19.1 Å². The normalized spacial score (nSPS) is 13.3. The number of carbonyl (C=O) groups excluding carboxylic acids is 3. The molecule has 0 radical (unpaired) electrons. The second-order valence-electron chi connectivity index (χ2n) is 6.61. The molecule has 3 rings (SSSR count). The SMILES string of the molecule is COc1cc2ncc(C(=O)NC3CC3)c(N)c2cc1C(=O)NCCC(C)=O. The maximum atomic E-state index is 12.5. The van der Waals surface area contributed by atoms with Gasteiger partial charge in [0.25, 0.3) is 11.8 Å². The lowest BCUT2D eigenvalue weighted by Crippen LogP contribution is -2.27. The number of benzene rings is 1. The fourth-order valence-corrected chi connectivity index (χ4v) is 2.71. The number of nitrogen functional groups attached to an aromatic ring is 1. The van der Waals surface area contributed by atoms with Crippen LogP contribution in [-0.4, -0.2) is 42.3 Å². The number of amides is 2. The molecule has 0 bridgehead atoms. The van der Waals surface area contributed by atoms with E-state index < -0.39 is 0 Å². The summed E-state index contributed by atoms with van der Waals surface area (Å²) in [5.41, 5.74) is 7.53. The van der Waals surface area contributed by atoms with Gasteiger partial charge in [-0.25, -0.2) is 0 Å². The van der Waals surface area contributed by atoms with Crippen molar-refractivity contribution in [3.63, 3.8) is 0 Å². The van der Waals surface area contributed by atoms with Crippen LogP contribution >= 0.6 is 0 Å². The van der Waals surface area contributed by atoms with Gasteiger partial charge in [0.15, 0.2) is 0 Å². The first kappa shape index (κ1) is 18.6. The summed E-state index contributed by atoms with van der Waals surface area (Å²) in [4.78, 5) is 40.2. The van der Waals surface area contributed by atoms with E-state index in [1.54, 1.807) is 12.1 Å². The molecule has 27 heavy (non-hydrogen) atoms. The van der Waals surface area contributed by atoms with Crippen LogP contribution in [0.5, 0.6) is 5.75 Å². The van der Waals surface area contributed by atoms with Crippen LogP contribution in [-0.2, 0) is 4.79 Å². The van der Waals surface area contributed by atoms with Gasteiger partial charge in [-0.3, -0.25) is 19.4 Å². The average Bonchev–Trinajstić information content (AvgIpc) is 3.44. The number of carbonyl (C=O) groups is 3. The van der Waals surface area contributed by atoms with Crippen LogP contribution in [0.3, 0.4) is 0 Å². The third kappa shape index (κ3) is 4.16. The average molecular weight is 370 g/mol. The lowest BCUT2D eigenvalue weighted by Gasteiger charge is -2.13. The maximum absolute atomic E-state index is 12.5. The van der Waals surface area contributed by atoms with Gasteiger partial charge in [0.1, 0.15) is 11.5 Å². The molecule has 0 saturated heterocycles. The summed E-state index contributed by atoms with van der Waals surface area (Å²) in [6, 6.07) is 3.37. The van der Waals surface area contributed by atoms with Crippen LogP contribution in [0.1, 0.15) is 46.9 Å². The first-order valence-corrected chi connectivity index (χ1v) is 8.75. The number of pyridine rings is 1. The van der Waals surface area contributed by atoms with Crippen LogP contribution in [0.15, 0.2) is 18.3 Å². The van der Waals surface area contributed by atoms with E-state index in [0.29, 0.717) is 16.7 Å². The quantitative estimate of drug-likeness (QED) is 0.677. The molecule has 0 unspecified atom stereocenters. The zero-order chi connectivity index (χ0) is 19.6. The predicted molar refractivity (Wildman–Crippen MR) is 101 cm³/mol. The van der Waals surface area contributed by atoms with Crippen molar-refractivity contribution in [3.05, 3.63) is 29.5 Å². The number of hydrogen-bond donors (Lipinski definition) is 3. The molecule has 142 valence electrons. The highest BCUT2D eigenvalue weighted by Gasteiger charge is 2.25. The number of anilines is 1. The Bertz CT molecular complexity index is 922. The second kappa shape index (κ2) is 7.61. The summed E-state index contributed by atoms with van der Waals surface area (Å²) in [5.74, 6) is -0.333. The minimum Gasteiger partial charge on any atom is -0.496 e. The van der Waals surface area contributed by atoms with Crippen molar-refractivity contribution in [2.45, 2.75) is 32.2 Å². The largest absolute Gasteiger partial charge is 0.496 e. The van der Waals surface area contributed by atoms with Gasteiger partial charge in [0, 0.05) is 36.7 Å². The molecule has 8 nitrogen and oxygen atoms in total. The number of aromatic nitrogens is 1. The number of ether oxygens (including phenoxy) is 1. The molecule has 1 aromatic heterocycles. The Balaban J connectivity index is 1.95. The fourth-order valence-electron chi connectivity index (χ4n) is 2.71. The van der Waals surface area contributed by atoms with E-state index in [1.807, 2.05) is 0 Å². The van der Waals surface area contributed by atoms with Crippen molar-refractivity contribution in [3.8, 4) is 5.75 Å². The molecule has 8 heteroatoms. The summed E-state index contributed by atoms with van der Waals surface area (Å²) in [5, 5.41) is 6.06. The van der Waals surface area contributed by atoms with Crippen molar-refractivity contribution in [1.29, 1.82) is 0 Å². The first-order valence-electron chi connectivity index (χ1n) is 8.75. The van der Waals surface area contributed by atoms with Crippen LogP contribution in [0.4, 0.5) is 5.69 Å². The maximum Gasteiger partial charge on any atom is 0.255 e. The van der Waals surface area contributed by atoms with Gasteiger partial charge < -0.3 is 21.1 Å². The number of nitrogens with two attached hydrogens (primary N) is 1. The summed E-state index contributed by atoms with van der Waals surface area (Å²) in [6.45, 7) is 1.69. The van der Waals surface area contributed by atoms with Crippen LogP contribution in [0.2, 0.25) is 0 Å². The van der Waals surface area contributed by atoms with Crippen LogP contribution < -0.4 is 21.1 Å². The Morgan fingerprint density at radius 3 is 2.59 bits per heavy atom. The van der Waals surface area contributed by atoms with Crippen molar-refractivity contribution in [2.24, 2.45) is 0 Å². The summed E-state index contributed by atoms with van der Waals surface area (Å²) in [7, 11) is 1.45. The summed E-state index contributed by atoms with van der Waals surface area (Å²) < 4.78 is 5.29. The Kier molecular flexibility index (Phi) is 5.25. The number of ketones is 1. The molecule has 0 atom stereocenters. The molecule has 2 aromatic rings. The molecule has 1 aliphatic carbocycles. The minimum atomic E-state index is -0.387. The molecule has 1 saturated carbocycles. The first-order chi connectivity index (χ1) is 12.9. The number of nitrogens with zero attached hydrogens (tertiary/aromatic N) is 1. The van der Waals surface area contributed by atoms with Gasteiger partial charge in [0.05, 0.1) is 29.4 Å². The molecular formula is C19H22N4O4. The Hall–Kier alpha value is -3.16. The van der Waals surface area contributed by atoms with Crippen molar-refractivity contribution in [2.75, 3.05) is 19.4 Å². The summed E-state index contributed by atoms with van der Waals surface area (Å²) >= 11 is 0. The highest BCUT2D eigenvalue weighted by molar-refractivity contribution is 6.09. The van der Waals surface area contributed by atoms with Gasteiger partial charge in [-0.05, 0) is 25.8 Å². The van der Waals surface area contributed by atoms with E-state index >= 15 is 0 Å². The third-order valence-electron chi connectivity index (χ3n) is 4.40. The lowest BCUT2D eigenvalue weighted by atomic mass is 10.0. The number of hydrogen-bond acceptors (Lipinski definition) is 6. The third-order valence-corrected chi connectivity index (χ3v) is 4.40. The number of fused-ring (bicyclic) bond motifs is 1. The second-order valence-corrected chi connectivity index (χ2v) is 6.61. The molecule has 1 fully saturated rings. The van der Waals surface area contributed by atoms with Gasteiger partial charge in [-0.2, -0.15) is 0 Å². The standard InChI is InChI=1S/C19H22N4O4/c1-10(24)5-6-21-18(25)13-7-12-15(8-16(13)27-2)22-9-14(17(12)20)19(26)23-11-3-4-11/h7-9,11H,3-6H2,1-2H3,(H2,20,22)(H,21,25)(H,23,26). The number of nitrogens with one attached hydrogen (secondary N) is 2. The number of methoxy groups -OCH3 is 1. The molecular weight excluding hydrogens is 348 g/mol. The minimum absolute atomic E-state index is 0.0134.